The molecule has 4 rings (SSSR count). The first-order valence-corrected chi connectivity index (χ1v) is 9.80. The summed E-state index contributed by atoms with van der Waals surface area (Å²) < 4.78 is 23.0. The largest absolute Gasteiger partial charge is 0.396 e. The zero-order valence-corrected chi connectivity index (χ0v) is 15.0. The van der Waals surface area contributed by atoms with E-state index in [9.17, 15) is 8.42 Å². The second kappa shape index (κ2) is 6.53. The van der Waals surface area contributed by atoms with Gasteiger partial charge in [-0.15, -0.1) is 0 Å². The number of nitrogen functional groups attached to an aromatic ring is 1. The number of anilines is 3. The molecule has 0 saturated heterocycles. The van der Waals surface area contributed by atoms with Gasteiger partial charge in [0.25, 0.3) is 0 Å². The summed E-state index contributed by atoms with van der Waals surface area (Å²) >= 11 is 0. The molecule has 1 aromatic carbocycles. The summed E-state index contributed by atoms with van der Waals surface area (Å²) in [5.41, 5.74) is 8.73. The van der Waals surface area contributed by atoms with Crippen molar-refractivity contribution >= 4 is 32.9 Å². The standard InChI is InChI=1S/C18H18N6O2S/c19-15-10-22-18(23-11-3-1-4-12(9-11)27(20,25)26)24-17(15)14-5-2-6-16-13(14)7-8-21-16/h1-10,13,16,21H,19H2,(H2,20,25,26)(H,22,23,24). The van der Waals surface area contributed by atoms with Crippen molar-refractivity contribution in [2.45, 2.75) is 10.9 Å². The molecule has 6 N–H and O–H groups in total. The maximum Gasteiger partial charge on any atom is 0.238 e. The Hall–Kier alpha value is -3.17. The fourth-order valence-corrected chi connectivity index (χ4v) is 3.71. The van der Waals surface area contributed by atoms with Gasteiger partial charge in [0.1, 0.15) is 0 Å². The molecule has 138 valence electrons. The lowest BCUT2D eigenvalue weighted by Crippen LogP contribution is -2.27. The van der Waals surface area contributed by atoms with Gasteiger partial charge in [-0.2, -0.15) is 0 Å². The first-order valence-electron chi connectivity index (χ1n) is 8.26. The van der Waals surface area contributed by atoms with Crippen LogP contribution in [-0.4, -0.2) is 24.4 Å². The average Bonchev–Trinajstić information content (AvgIpc) is 3.12. The Labute approximate surface area is 156 Å². The molecular weight excluding hydrogens is 364 g/mol. The zero-order valence-electron chi connectivity index (χ0n) is 14.2. The Bertz CT molecular complexity index is 1090. The Morgan fingerprint density at radius 1 is 1.22 bits per heavy atom. The van der Waals surface area contributed by atoms with E-state index < -0.39 is 10.0 Å². The monoisotopic (exact) mass is 382 g/mol. The zero-order chi connectivity index (χ0) is 19.0. The van der Waals surface area contributed by atoms with Gasteiger partial charge in [0, 0.05) is 11.6 Å². The van der Waals surface area contributed by atoms with Crippen LogP contribution in [0.4, 0.5) is 17.3 Å². The Morgan fingerprint density at radius 3 is 2.89 bits per heavy atom. The number of sulfonamides is 1. The van der Waals surface area contributed by atoms with Gasteiger partial charge in [-0.1, -0.05) is 30.4 Å². The van der Waals surface area contributed by atoms with Gasteiger partial charge in [0.05, 0.1) is 28.5 Å². The van der Waals surface area contributed by atoms with Gasteiger partial charge in [0.15, 0.2) is 0 Å². The highest BCUT2D eigenvalue weighted by atomic mass is 32.2. The number of nitrogens with two attached hydrogens (primary N) is 2. The smallest absolute Gasteiger partial charge is 0.238 e. The Balaban J connectivity index is 1.67. The highest BCUT2D eigenvalue weighted by Crippen LogP contribution is 2.35. The normalized spacial score (nSPS) is 20.7. The third-order valence-electron chi connectivity index (χ3n) is 4.44. The average molecular weight is 382 g/mol. The predicted molar refractivity (Wildman–Crippen MR) is 104 cm³/mol. The highest BCUT2D eigenvalue weighted by Gasteiger charge is 2.28. The van der Waals surface area contributed by atoms with Crippen LogP contribution in [0.25, 0.3) is 5.57 Å². The van der Waals surface area contributed by atoms with Crippen LogP contribution >= 0.6 is 0 Å². The lowest BCUT2D eigenvalue weighted by Gasteiger charge is -2.23. The van der Waals surface area contributed by atoms with Crippen molar-refractivity contribution in [1.29, 1.82) is 0 Å². The van der Waals surface area contributed by atoms with Crippen LogP contribution in [0, 0.1) is 5.92 Å². The fourth-order valence-electron chi connectivity index (χ4n) is 3.16. The van der Waals surface area contributed by atoms with Crippen LogP contribution < -0.4 is 21.5 Å². The molecule has 2 unspecified atom stereocenters. The molecule has 27 heavy (non-hydrogen) atoms. The van der Waals surface area contributed by atoms with E-state index in [1.54, 1.807) is 12.1 Å². The van der Waals surface area contributed by atoms with E-state index in [1.807, 2.05) is 18.4 Å². The third-order valence-corrected chi connectivity index (χ3v) is 5.35. The minimum Gasteiger partial charge on any atom is -0.396 e. The quantitative estimate of drug-likeness (QED) is 0.629. The number of rotatable bonds is 4. The van der Waals surface area contributed by atoms with Crippen molar-refractivity contribution in [2.24, 2.45) is 11.1 Å². The number of nitrogens with one attached hydrogen (secondary N) is 2. The summed E-state index contributed by atoms with van der Waals surface area (Å²) in [6.45, 7) is 0. The maximum atomic E-state index is 11.5. The van der Waals surface area contributed by atoms with E-state index in [1.165, 1.54) is 18.3 Å². The van der Waals surface area contributed by atoms with E-state index in [-0.39, 0.29) is 16.9 Å². The van der Waals surface area contributed by atoms with Gasteiger partial charge < -0.3 is 16.4 Å². The highest BCUT2D eigenvalue weighted by molar-refractivity contribution is 7.89. The van der Waals surface area contributed by atoms with E-state index in [4.69, 9.17) is 10.9 Å². The number of aromatic nitrogens is 2. The van der Waals surface area contributed by atoms with Crippen LogP contribution in [0.15, 0.2) is 65.9 Å². The lowest BCUT2D eigenvalue weighted by molar-refractivity contribution is 0.598. The number of primary sulfonamides is 1. The Morgan fingerprint density at radius 2 is 2.07 bits per heavy atom. The molecule has 2 atom stereocenters. The molecule has 9 heteroatoms. The summed E-state index contributed by atoms with van der Waals surface area (Å²) in [6, 6.07) is 6.33. The van der Waals surface area contributed by atoms with Gasteiger partial charge in [-0.3, -0.25) is 0 Å². The van der Waals surface area contributed by atoms with Gasteiger partial charge in [0.2, 0.25) is 16.0 Å². The molecule has 2 aromatic rings. The minimum atomic E-state index is -3.79. The number of nitrogens with zero attached hydrogens (tertiary/aromatic N) is 2. The lowest BCUT2D eigenvalue weighted by atomic mass is 9.86. The topological polar surface area (TPSA) is 136 Å². The molecule has 0 radical (unpaired) electrons. The molecular formula is C18H18N6O2S. The van der Waals surface area contributed by atoms with Gasteiger partial charge in [-0.05, 0) is 30.0 Å². The molecule has 0 amide bonds. The van der Waals surface area contributed by atoms with Crippen molar-refractivity contribution < 1.29 is 8.42 Å². The molecule has 1 aromatic heterocycles. The molecule has 2 aliphatic rings. The fraction of sp³-hybridized carbons (Fsp3) is 0.111. The maximum absolute atomic E-state index is 11.5. The van der Waals surface area contributed by atoms with Gasteiger partial charge >= 0.3 is 0 Å². The first-order chi connectivity index (χ1) is 12.9. The summed E-state index contributed by atoms with van der Waals surface area (Å²) in [5, 5.41) is 11.5. The van der Waals surface area contributed by atoms with E-state index >= 15 is 0 Å². The van der Waals surface area contributed by atoms with Crippen molar-refractivity contribution in [3.05, 3.63) is 66.7 Å². The van der Waals surface area contributed by atoms with Crippen LogP contribution in [-0.2, 0) is 10.0 Å². The Kier molecular flexibility index (Phi) is 4.17. The predicted octanol–water partition coefficient (Wildman–Crippen LogP) is 1.50. The van der Waals surface area contributed by atoms with Crippen molar-refractivity contribution in [1.82, 2.24) is 15.3 Å². The van der Waals surface area contributed by atoms with Crippen molar-refractivity contribution in [3.8, 4) is 0 Å². The van der Waals surface area contributed by atoms with Crippen molar-refractivity contribution in [2.75, 3.05) is 11.1 Å². The van der Waals surface area contributed by atoms with Crippen LogP contribution in [0.3, 0.4) is 0 Å². The molecule has 0 saturated carbocycles. The molecule has 0 spiro atoms. The summed E-state index contributed by atoms with van der Waals surface area (Å²) in [7, 11) is -3.79. The SMILES string of the molecule is Nc1cnc(Nc2cccc(S(N)(=O)=O)c2)nc1C1=CC=CC2NC=CC12. The number of hydrogen-bond donors (Lipinski definition) is 4. The first kappa shape index (κ1) is 17.3. The molecule has 1 aliphatic heterocycles. The molecule has 1 aliphatic carbocycles. The number of benzene rings is 1. The van der Waals surface area contributed by atoms with E-state index in [2.05, 4.69) is 32.8 Å². The third kappa shape index (κ3) is 3.42. The molecule has 0 fully saturated rings. The van der Waals surface area contributed by atoms with E-state index in [0.29, 0.717) is 23.0 Å². The van der Waals surface area contributed by atoms with Crippen LogP contribution in [0.2, 0.25) is 0 Å². The van der Waals surface area contributed by atoms with Gasteiger partial charge in [-0.25, -0.2) is 23.5 Å². The van der Waals surface area contributed by atoms with E-state index in [0.717, 1.165) is 5.57 Å². The summed E-state index contributed by atoms with van der Waals surface area (Å²) in [5.74, 6) is 0.457. The van der Waals surface area contributed by atoms with Crippen LogP contribution in [0.5, 0.6) is 0 Å². The molecule has 8 nitrogen and oxygen atoms in total. The summed E-state index contributed by atoms with van der Waals surface area (Å²) in [6.07, 6.45) is 11.6. The minimum absolute atomic E-state index is 0.00769. The second-order valence-corrected chi connectivity index (χ2v) is 7.84. The molecule has 0 bridgehead atoms. The van der Waals surface area contributed by atoms with Crippen LogP contribution in [0.1, 0.15) is 5.69 Å². The number of hydrogen-bond acceptors (Lipinski definition) is 7. The second-order valence-electron chi connectivity index (χ2n) is 6.28. The van der Waals surface area contributed by atoms with Crippen molar-refractivity contribution in [3.63, 3.8) is 0 Å². The number of fused-ring (bicyclic) bond motifs is 1. The number of allylic oxidation sites excluding steroid dienone is 2. The summed E-state index contributed by atoms with van der Waals surface area (Å²) in [4.78, 5) is 8.76. The molecule has 2 heterocycles.